The van der Waals surface area contributed by atoms with Gasteiger partial charge in [-0.05, 0) is 43.2 Å². The van der Waals surface area contributed by atoms with Crippen molar-refractivity contribution in [2.75, 3.05) is 31.1 Å². The number of rotatable bonds is 5. The second-order valence-corrected chi connectivity index (χ2v) is 7.74. The molecule has 1 aliphatic heterocycles. The van der Waals surface area contributed by atoms with Crippen LogP contribution >= 0.6 is 0 Å². The van der Waals surface area contributed by atoms with E-state index in [0.29, 0.717) is 31.1 Å². The molecule has 1 saturated heterocycles. The highest BCUT2D eigenvalue weighted by Gasteiger charge is 2.40. The molecule has 0 spiro atoms. The van der Waals surface area contributed by atoms with E-state index in [4.69, 9.17) is 10.00 Å². The monoisotopic (exact) mass is 430 g/mol. The number of pyridine rings is 1. The summed E-state index contributed by atoms with van der Waals surface area (Å²) in [6.07, 6.45) is 0.332. The number of hydrogen-bond donors (Lipinski definition) is 0. The lowest BCUT2D eigenvalue weighted by molar-refractivity contribution is -0.137. The number of nitrogens with zero attached hydrogens (tertiary/aromatic N) is 4. The van der Waals surface area contributed by atoms with E-state index in [9.17, 15) is 18.0 Å². The molecule has 1 aliphatic carbocycles. The van der Waals surface area contributed by atoms with Gasteiger partial charge in [-0.25, -0.2) is 0 Å². The van der Waals surface area contributed by atoms with Crippen molar-refractivity contribution >= 4 is 11.6 Å². The molecule has 0 bridgehead atoms. The van der Waals surface area contributed by atoms with E-state index in [1.54, 1.807) is 35.5 Å². The fourth-order valence-corrected chi connectivity index (χ4v) is 3.77. The second kappa shape index (κ2) is 8.46. The predicted octanol–water partition coefficient (Wildman–Crippen LogP) is 3.48. The Balaban J connectivity index is 1.55. The van der Waals surface area contributed by atoms with Crippen molar-refractivity contribution in [2.45, 2.75) is 25.1 Å². The van der Waals surface area contributed by atoms with Crippen molar-refractivity contribution in [3.63, 3.8) is 0 Å². The molecule has 0 N–H and O–H groups in total. The van der Waals surface area contributed by atoms with E-state index >= 15 is 0 Å². The van der Waals surface area contributed by atoms with Crippen LogP contribution in [0.3, 0.4) is 0 Å². The fourth-order valence-electron chi connectivity index (χ4n) is 3.77. The molecular weight excluding hydrogens is 409 g/mol. The van der Waals surface area contributed by atoms with Gasteiger partial charge in [0.1, 0.15) is 12.4 Å². The zero-order valence-corrected chi connectivity index (χ0v) is 16.7. The Morgan fingerprint density at radius 1 is 1.26 bits per heavy atom. The first-order chi connectivity index (χ1) is 14.9. The quantitative estimate of drug-likeness (QED) is 0.727. The number of halogens is 3. The van der Waals surface area contributed by atoms with Crippen LogP contribution in [0.2, 0.25) is 0 Å². The number of anilines is 1. The minimum absolute atomic E-state index is 0.0409. The van der Waals surface area contributed by atoms with Gasteiger partial charge in [-0.2, -0.15) is 18.4 Å². The van der Waals surface area contributed by atoms with Crippen LogP contribution in [0.15, 0.2) is 42.7 Å². The van der Waals surface area contributed by atoms with Gasteiger partial charge < -0.3 is 14.5 Å². The number of ether oxygens (including phenoxy) is 1. The minimum Gasteiger partial charge on any atom is -0.490 e. The van der Waals surface area contributed by atoms with Crippen LogP contribution in [0.1, 0.15) is 24.0 Å². The summed E-state index contributed by atoms with van der Waals surface area (Å²) in [5.74, 6) is 0.686. The Labute approximate surface area is 177 Å². The molecule has 2 heterocycles. The van der Waals surface area contributed by atoms with Gasteiger partial charge >= 0.3 is 6.18 Å². The standard InChI is InChI=1S/C22H21F3N4O2/c23-22(24,25)20-10-17(6-5-16(20)11-26)28-8-9-29(21(30)15-3-4-15)18(13-28)14-31-19-2-1-7-27-12-19/h1-2,5-7,10,12,15,18H,3-4,8-9,13-14H2. The van der Waals surface area contributed by atoms with Crippen LogP contribution in [0.5, 0.6) is 5.75 Å². The first-order valence-corrected chi connectivity index (χ1v) is 10.1. The lowest BCUT2D eigenvalue weighted by Gasteiger charge is -2.42. The van der Waals surface area contributed by atoms with Crippen LogP contribution < -0.4 is 9.64 Å². The maximum absolute atomic E-state index is 13.4. The van der Waals surface area contributed by atoms with Crippen LogP contribution in [-0.2, 0) is 11.0 Å². The van der Waals surface area contributed by atoms with E-state index in [-0.39, 0.29) is 24.5 Å². The van der Waals surface area contributed by atoms with Crippen LogP contribution in [-0.4, -0.2) is 48.1 Å². The number of nitriles is 1. The molecular formula is C22H21F3N4O2. The lowest BCUT2D eigenvalue weighted by atomic mass is 10.0. The van der Waals surface area contributed by atoms with Crippen molar-refractivity contribution in [3.8, 4) is 11.8 Å². The second-order valence-electron chi connectivity index (χ2n) is 7.74. The molecule has 4 rings (SSSR count). The zero-order chi connectivity index (χ0) is 22.0. The number of piperazine rings is 1. The number of aromatic nitrogens is 1. The van der Waals surface area contributed by atoms with Crippen LogP contribution in [0.25, 0.3) is 0 Å². The molecule has 31 heavy (non-hydrogen) atoms. The molecule has 1 saturated carbocycles. The molecule has 1 amide bonds. The van der Waals surface area contributed by atoms with Gasteiger partial charge in [0.15, 0.2) is 0 Å². The Morgan fingerprint density at radius 2 is 2.06 bits per heavy atom. The number of benzene rings is 1. The fraction of sp³-hybridized carbons (Fsp3) is 0.409. The first kappa shape index (κ1) is 21.0. The smallest absolute Gasteiger partial charge is 0.417 e. The number of alkyl halides is 3. The molecule has 2 aliphatic rings. The summed E-state index contributed by atoms with van der Waals surface area (Å²) in [5, 5.41) is 9.03. The van der Waals surface area contributed by atoms with Crippen molar-refractivity contribution in [1.82, 2.24) is 9.88 Å². The van der Waals surface area contributed by atoms with E-state index in [1.165, 1.54) is 12.1 Å². The van der Waals surface area contributed by atoms with Gasteiger partial charge in [-0.3, -0.25) is 9.78 Å². The third kappa shape index (κ3) is 4.74. The largest absolute Gasteiger partial charge is 0.490 e. The van der Waals surface area contributed by atoms with Crippen molar-refractivity contribution < 1.29 is 22.7 Å². The summed E-state index contributed by atoms with van der Waals surface area (Å²) in [6, 6.07) is 8.52. The summed E-state index contributed by atoms with van der Waals surface area (Å²) in [7, 11) is 0. The van der Waals surface area contributed by atoms with E-state index in [0.717, 1.165) is 18.9 Å². The number of hydrogen-bond acceptors (Lipinski definition) is 5. The summed E-state index contributed by atoms with van der Waals surface area (Å²) >= 11 is 0. The summed E-state index contributed by atoms with van der Waals surface area (Å²) in [4.78, 5) is 20.4. The van der Waals surface area contributed by atoms with Crippen molar-refractivity contribution in [1.29, 1.82) is 5.26 Å². The summed E-state index contributed by atoms with van der Waals surface area (Å²) < 4.78 is 46.0. The van der Waals surface area contributed by atoms with Crippen LogP contribution in [0.4, 0.5) is 18.9 Å². The third-order valence-electron chi connectivity index (χ3n) is 5.56. The minimum atomic E-state index is -4.62. The average Bonchev–Trinajstić information content (AvgIpc) is 3.62. The Kier molecular flexibility index (Phi) is 5.72. The summed E-state index contributed by atoms with van der Waals surface area (Å²) in [6.45, 7) is 1.35. The number of amides is 1. The molecule has 0 radical (unpaired) electrons. The van der Waals surface area contributed by atoms with Gasteiger partial charge in [0.2, 0.25) is 5.91 Å². The van der Waals surface area contributed by atoms with E-state index < -0.39 is 17.3 Å². The van der Waals surface area contributed by atoms with Crippen molar-refractivity contribution in [2.24, 2.45) is 5.92 Å². The highest BCUT2D eigenvalue weighted by atomic mass is 19.4. The average molecular weight is 430 g/mol. The molecule has 1 aromatic heterocycles. The Morgan fingerprint density at radius 3 is 2.71 bits per heavy atom. The van der Waals surface area contributed by atoms with Gasteiger partial charge in [0.05, 0.1) is 29.4 Å². The molecule has 2 aromatic rings. The Bertz CT molecular complexity index is 986. The van der Waals surface area contributed by atoms with Gasteiger partial charge in [-0.1, -0.05) is 0 Å². The normalized spacial score (nSPS) is 19.1. The number of carbonyl (C=O) groups is 1. The highest BCUT2D eigenvalue weighted by Crippen LogP contribution is 2.36. The first-order valence-electron chi connectivity index (χ1n) is 10.1. The van der Waals surface area contributed by atoms with E-state index in [1.807, 2.05) is 4.90 Å². The number of carbonyl (C=O) groups excluding carboxylic acids is 1. The molecule has 6 nitrogen and oxygen atoms in total. The third-order valence-corrected chi connectivity index (χ3v) is 5.56. The molecule has 9 heteroatoms. The topological polar surface area (TPSA) is 69.5 Å². The van der Waals surface area contributed by atoms with E-state index in [2.05, 4.69) is 4.98 Å². The van der Waals surface area contributed by atoms with Gasteiger partial charge in [0.25, 0.3) is 0 Å². The van der Waals surface area contributed by atoms with Gasteiger partial charge in [0, 0.05) is 37.4 Å². The molecule has 1 aromatic carbocycles. The summed E-state index contributed by atoms with van der Waals surface area (Å²) in [5.41, 5.74) is -0.987. The molecule has 1 atom stereocenters. The molecule has 1 unspecified atom stereocenters. The lowest BCUT2D eigenvalue weighted by Crippen LogP contribution is -2.57. The van der Waals surface area contributed by atoms with Gasteiger partial charge in [-0.15, -0.1) is 0 Å². The molecule has 162 valence electrons. The SMILES string of the molecule is N#Cc1ccc(N2CCN(C(=O)C3CC3)C(COc3cccnc3)C2)cc1C(F)(F)F. The van der Waals surface area contributed by atoms with Crippen LogP contribution in [0, 0.1) is 17.2 Å². The highest BCUT2D eigenvalue weighted by molar-refractivity contribution is 5.81. The maximum Gasteiger partial charge on any atom is 0.417 e. The maximum atomic E-state index is 13.4. The zero-order valence-electron chi connectivity index (χ0n) is 16.7. The molecule has 2 fully saturated rings. The predicted molar refractivity (Wildman–Crippen MR) is 106 cm³/mol. The Hall–Kier alpha value is -3.28. The van der Waals surface area contributed by atoms with Crippen molar-refractivity contribution in [3.05, 3.63) is 53.9 Å².